The van der Waals surface area contributed by atoms with Gasteiger partial charge in [0.25, 0.3) is 0 Å². The smallest absolute Gasteiger partial charge is 0.323 e. The first-order chi connectivity index (χ1) is 9.59. The van der Waals surface area contributed by atoms with Gasteiger partial charge in [-0.3, -0.25) is 4.57 Å². The quantitative estimate of drug-likeness (QED) is 0.786. The Morgan fingerprint density at radius 3 is 2.65 bits per heavy atom. The van der Waals surface area contributed by atoms with Crippen LogP contribution in [0.1, 0.15) is 18.7 Å². The number of halogens is 1. The van der Waals surface area contributed by atoms with E-state index >= 15 is 0 Å². The minimum Gasteiger partial charge on any atom is -0.323 e. The molecule has 2 heterocycles. The van der Waals surface area contributed by atoms with Crippen LogP contribution in [-0.2, 0) is 0 Å². The molecular formula is C14H13ClN4O. The Morgan fingerprint density at radius 2 is 2.00 bits per heavy atom. The highest BCUT2D eigenvalue weighted by molar-refractivity contribution is 6.29. The van der Waals surface area contributed by atoms with Gasteiger partial charge in [-0.25, -0.2) is 14.2 Å². The van der Waals surface area contributed by atoms with Crippen LogP contribution < -0.4 is 11.4 Å². The van der Waals surface area contributed by atoms with Crippen molar-refractivity contribution < 1.29 is 0 Å². The van der Waals surface area contributed by atoms with Crippen molar-refractivity contribution in [1.82, 2.24) is 14.0 Å². The fourth-order valence-corrected chi connectivity index (χ4v) is 2.42. The van der Waals surface area contributed by atoms with E-state index in [2.05, 4.69) is 4.98 Å². The van der Waals surface area contributed by atoms with Crippen LogP contribution in [0.15, 0.2) is 47.4 Å². The van der Waals surface area contributed by atoms with E-state index in [1.807, 2.05) is 37.3 Å². The first kappa shape index (κ1) is 12.9. The number of para-hydroxylation sites is 1. The summed E-state index contributed by atoms with van der Waals surface area (Å²) in [5.41, 5.74) is 7.65. The molecule has 3 aromatic rings. The second kappa shape index (κ2) is 4.77. The molecule has 0 aliphatic heterocycles. The Kier molecular flexibility index (Phi) is 3.08. The lowest BCUT2D eigenvalue weighted by atomic mass is 10.2. The minimum atomic E-state index is -0.302. The Bertz CT molecular complexity index is 820. The van der Waals surface area contributed by atoms with Crippen LogP contribution in [0.25, 0.3) is 11.3 Å². The average Bonchev–Trinajstić information content (AvgIpc) is 2.81. The van der Waals surface area contributed by atoms with Crippen molar-refractivity contribution in [3.63, 3.8) is 0 Å². The molecule has 0 bridgehead atoms. The molecule has 0 radical (unpaired) electrons. The predicted molar refractivity (Wildman–Crippen MR) is 78.4 cm³/mol. The van der Waals surface area contributed by atoms with Crippen molar-refractivity contribution in [1.29, 1.82) is 0 Å². The van der Waals surface area contributed by atoms with Crippen LogP contribution in [-0.4, -0.2) is 14.0 Å². The Hall–Kier alpha value is -2.11. The predicted octanol–water partition coefficient (Wildman–Crippen LogP) is 2.16. The van der Waals surface area contributed by atoms with E-state index in [4.69, 9.17) is 17.3 Å². The molecule has 5 nitrogen and oxygen atoms in total. The molecule has 0 unspecified atom stereocenters. The number of nitrogens with two attached hydrogens (primary N) is 1. The normalized spacial score (nSPS) is 12.8. The molecule has 0 aliphatic carbocycles. The Balaban J connectivity index is 2.45. The zero-order chi connectivity index (χ0) is 14.3. The first-order valence-corrected chi connectivity index (χ1v) is 6.57. The van der Waals surface area contributed by atoms with E-state index in [1.54, 1.807) is 10.6 Å². The van der Waals surface area contributed by atoms with E-state index in [-0.39, 0.29) is 16.9 Å². The molecule has 102 valence electrons. The maximum absolute atomic E-state index is 12.7. The van der Waals surface area contributed by atoms with E-state index in [9.17, 15) is 4.79 Å². The van der Waals surface area contributed by atoms with E-state index in [1.165, 1.54) is 10.6 Å². The summed E-state index contributed by atoms with van der Waals surface area (Å²) in [5.74, 6) is 0. The van der Waals surface area contributed by atoms with Crippen molar-refractivity contribution in [2.24, 2.45) is 5.73 Å². The van der Waals surface area contributed by atoms with Crippen molar-refractivity contribution in [3.8, 4) is 5.69 Å². The summed E-state index contributed by atoms with van der Waals surface area (Å²) < 4.78 is 2.92. The van der Waals surface area contributed by atoms with Crippen LogP contribution in [0.5, 0.6) is 0 Å². The molecule has 1 aromatic carbocycles. The third-order valence-corrected chi connectivity index (χ3v) is 3.41. The molecule has 0 spiro atoms. The second-order valence-electron chi connectivity index (χ2n) is 4.59. The maximum atomic E-state index is 12.7. The van der Waals surface area contributed by atoms with Crippen LogP contribution in [0.2, 0.25) is 5.15 Å². The Morgan fingerprint density at radius 1 is 1.30 bits per heavy atom. The van der Waals surface area contributed by atoms with E-state index in [0.717, 1.165) is 5.69 Å². The van der Waals surface area contributed by atoms with Gasteiger partial charge in [-0.05, 0) is 19.1 Å². The molecule has 0 saturated heterocycles. The summed E-state index contributed by atoms with van der Waals surface area (Å²) in [6.07, 6.45) is 1.46. The third kappa shape index (κ3) is 1.92. The van der Waals surface area contributed by atoms with Crippen molar-refractivity contribution in [2.45, 2.75) is 13.0 Å². The lowest BCUT2D eigenvalue weighted by Crippen LogP contribution is -2.30. The van der Waals surface area contributed by atoms with Gasteiger partial charge >= 0.3 is 5.69 Å². The first-order valence-electron chi connectivity index (χ1n) is 6.19. The molecule has 3 rings (SSSR count). The fraction of sp³-hybridized carbons (Fsp3) is 0.143. The standard InChI is InChI=1S/C14H13ClN4O/c1-9(16)11-7-13-17-8-12(15)19(13)14(20)18(11)10-5-3-2-4-6-10/h2-9H,16H2,1H3/t9-/m0/s1. The number of rotatable bonds is 2. The monoisotopic (exact) mass is 288 g/mol. The molecular weight excluding hydrogens is 276 g/mol. The zero-order valence-electron chi connectivity index (χ0n) is 10.8. The zero-order valence-corrected chi connectivity index (χ0v) is 11.6. The van der Waals surface area contributed by atoms with Gasteiger partial charge in [-0.15, -0.1) is 0 Å². The number of hydrogen-bond donors (Lipinski definition) is 1. The summed E-state index contributed by atoms with van der Waals surface area (Å²) >= 11 is 6.03. The molecule has 0 saturated carbocycles. The Labute approximate surface area is 120 Å². The van der Waals surface area contributed by atoms with Gasteiger partial charge in [-0.2, -0.15) is 0 Å². The molecule has 2 N–H and O–H groups in total. The van der Waals surface area contributed by atoms with Gasteiger partial charge in [0.15, 0.2) is 0 Å². The summed E-state index contributed by atoms with van der Waals surface area (Å²) in [6.45, 7) is 1.83. The van der Waals surface area contributed by atoms with Gasteiger partial charge < -0.3 is 5.73 Å². The van der Waals surface area contributed by atoms with Gasteiger partial charge in [0.2, 0.25) is 0 Å². The fourth-order valence-electron chi connectivity index (χ4n) is 2.21. The number of fused-ring (bicyclic) bond motifs is 1. The molecule has 0 aliphatic rings. The largest absolute Gasteiger partial charge is 0.339 e. The number of benzene rings is 1. The van der Waals surface area contributed by atoms with Crippen molar-refractivity contribution in [3.05, 3.63) is 63.9 Å². The topological polar surface area (TPSA) is 65.3 Å². The average molecular weight is 289 g/mol. The molecule has 20 heavy (non-hydrogen) atoms. The SMILES string of the molecule is C[C@H](N)c1cc2ncc(Cl)n2c(=O)n1-c1ccccc1. The number of imidazole rings is 1. The number of nitrogens with zero attached hydrogens (tertiary/aromatic N) is 3. The van der Waals surface area contributed by atoms with E-state index in [0.29, 0.717) is 11.3 Å². The molecule has 2 aromatic heterocycles. The van der Waals surface area contributed by atoms with Crippen LogP contribution in [0.3, 0.4) is 0 Å². The van der Waals surface area contributed by atoms with Crippen molar-refractivity contribution in [2.75, 3.05) is 0 Å². The molecule has 0 amide bonds. The molecule has 1 atom stereocenters. The van der Waals surface area contributed by atoms with Gasteiger partial charge in [0.05, 0.1) is 11.9 Å². The van der Waals surface area contributed by atoms with Crippen LogP contribution in [0.4, 0.5) is 0 Å². The molecule has 6 heteroatoms. The number of hydrogen-bond acceptors (Lipinski definition) is 3. The third-order valence-electron chi connectivity index (χ3n) is 3.14. The summed E-state index contributed by atoms with van der Waals surface area (Å²) in [6, 6.07) is 10.8. The van der Waals surface area contributed by atoms with Gasteiger partial charge in [0.1, 0.15) is 10.8 Å². The highest BCUT2D eigenvalue weighted by Crippen LogP contribution is 2.18. The maximum Gasteiger partial charge on any atom is 0.339 e. The highest BCUT2D eigenvalue weighted by Gasteiger charge is 2.15. The van der Waals surface area contributed by atoms with Crippen molar-refractivity contribution >= 4 is 17.2 Å². The highest BCUT2D eigenvalue weighted by atomic mass is 35.5. The molecule has 0 fully saturated rings. The van der Waals surface area contributed by atoms with Crippen LogP contribution >= 0.6 is 11.6 Å². The van der Waals surface area contributed by atoms with Gasteiger partial charge in [0, 0.05) is 17.8 Å². The van der Waals surface area contributed by atoms with E-state index < -0.39 is 0 Å². The minimum absolute atomic E-state index is 0.275. The number of aromatic nitrogens is 3. The summed E-state index contributed by atoms with van der Waals surface area (Å²) in [4.78, 5) is 16.8. The lowest BCUT2D eigenvalue weighted by molar-refractivity contribution is 0.708. The second-order valence-corrected chi connectivity index (χ2v) is 4.97. The lowest BCUT2D eigenvalue weighted by Gasteiger charge is -2.16. The summed E-state index contributed by atoms with van der Waals surface area (Å²) in [5, 5.41) is 0.283. The summed E-state index contributed by atoms with van der Waals surface area (Å²) in [7, 11) is 0. The van der Waals surface area contributed by atoms with Crippen LogP contribution in [0, 0.1) is 0 Å². The van der Waals surface area contributed by atoms with Gasteiger partial charge in [-0.1, -0.05) is 29.8 Å².